The molecule has 1 unspecified atom stereocenters. The highest BCUT2D eigenvalue weighted by Gasteiger charge is 2.27. The maximum Gasteiger partial charge on any atom is 0.246 e. The van der Waals surface area contributed by atoms with Crippen LogP contribution in [0.15, 0.2) is 17.3 Å². The summed E-state index contributed by atoms with van der Waals surface area (Å²) < 4.78 is 25.9. The molecule has 1 aliphatic rings. The lowest BCUT2D eigenvalue weighted by Crippen LogP contribution is -2.31. The normalized spacial score (nSPS) is 24.2. The first-order valence-electron chi connectivity index (χ1n) is 5.59. The second kappa shape index (κ2) is 4.55. The summed E-state index contributed by atoms with van der Waals surface area (Å²) in [5, 5.41) is 6.23. The van der Waals surface area contributed by atoms with Gasteiger partial charge in [0.1, 0.15) is 4.90 Å². The van der Waals surface area contributed by atoms with Crippen molar-refractivity contribution >= 4 is 10.0 Å². The highest BCUT2D eigenvalue weighted by atomic mass is 32.2. The molecule has 2 rings (SSSR count). The van der Waals surface area contributed by atoms with E-state index in [1.165, 1.54) is 12.4 Å². The molecule has 0 radical (unpaired) electrons. The molecule has 0 spiro atoms. The smallest absolute Gasteiger partial charge is 0.246 e. The summed E-state index contributed by atoms with van der Waals surface area (Å²) in [4.78, 5) is 0.266. The van der Waals surface area contributed by atoms with Crippen molar-refractivity contribution in [2.24, 2.45) is 5.92 Å². The van der Waals surface area contributed by atoms with Crippen molar-refractivity contribution in [2.75, 3.05) is 13.1 Å². The van der Waals surface area contributed by atoms with Crippen LogP contribution in [0.4, 0.5) is 0 Å². The lowest BCUT2D eigenvalue weighted by Gasteiger charge is -2.18. The maximum atomic E-state index is 12.2. The molecule has 1 fully saturated rings. The molecule has 1 saturated heterocycles. The van der Waals surface area contributed by atoms with E-state index in [0.29, 0.717) is 19.0 Å². The summed E-state index contributed by atoms with van der Waals surface area (Å²) in [5.74, 6) is 0.615. The third kappa shape index (κ3) is 2.27. The second-order valence-electron chi connectivity index (χ2n) is 4.37. The molecular weight excluding hydrogens is 226 g/mol. The number of nitrogens with zero attached hydrogens (tertiary/aromatic N) is 2. The zero-order valence-corrected chi connectivity index (χ0v) is 10.2. The SMILES string of the molecule is CC1CCCN(S(=O)(=O)c2cn[nH]c2)CC1. The summed E-state index contributed by atoms with van der Waals surface area (Å²) in [6.45, 7) is 3.42. The first-order valence-corrected chi connectivity index (χ1v) is 7.03. The van der Waals surface area contributed by atoms with Crippen molar-refractivity contribution < 1.29 is 8.42 Å². The van der Waals surface area contributed by atoms with E-state index in [4.69, 9.17) is 0 Å². The number of rotatable bonds is 2. The molecule has 1 aromatic rings. The van der Waals surface area contributed by atoms with Gasteiger partial charge in [-0.3, -0.25) is 5.10 Å². The van der Waals surface area contributed by atoms with E-state index in [9.17, 15) is 8.42 Å². The van der Waals surface area contributed by atoms with Crippen molar-refractivity contribution in [1.82, 2.24) is 14.5 Å². The van der Waals surface area contributed by atoms with Crippen LogP contribution in [0.5, 0.6) is 0 Å². The Morgan fingerprint density at radius 1 is 1.44 bits per heavy atom. The van der Waals surface area contributed by atoms with Crippen molar-refractivity contribution in [2.45, 2.75) is 31.1 Å². The molecule has 0 aliphatic carbocycles. The van der Waals surface area contributed by atoms with Gasteiger partial charge in [-0.25, -0.2) is 8.42 Å². The second-order valence-corrected chi connectivity index (χ2v) is 6.31. The van der Waals surface area contributed by atoms with E-state index in [0.717, 1.165) is 19.3 Å². The van der Waals surface area contributed by atoms with Crippen molar-refractivity contribution in [1.29, 1.82) is 0 Å². The van der Waals surface area contributed by atoms with E-state index in [1.54, 1.807) is 4.31 Å². The van der Waals surface area contributed by atoms with Crippen LogP contribution in [0.1, 0.15) is 26.2 Å². The highest BCUT2D eigenvalue weighted by Crippen LogP contribution is 2.21. The Morgan fingerprint density at radius 2 is 2.25 bits per heavy atom. The lowest BCUT2D eigenvalue weighted by atomic mass is 10.0. The van der Waals surface area contributed by atoms with Gasteiger partial charge < -0.3 is 0 Å². The van der Waals surface area contributed by atoms with Crippen molar-refractivity contribution in [3.05, 3.63) is 12.4 Å². The summed E-state index contributed by atoms with van der Waals surface area (Å²) in [7, 11) is -3.33. The van der Waals surface area contributed by atoms with E-state index in [1.807, 2.05) is 0 Å². The summed E-state index contributed by atoms with van der Waals surface area (Å²) >= 11 is 0. The topological polar surface area (TPSA) is 66.1 Å². The largest absolute Gasteiger partial charge is 0.284 e. The fourth-order valence-electron chi connectivity index (χ4n) is 2.01. The van der Waals surface area contributed by atoms with Crippen LogP contribution >= 0.6 is 0 Å². The molecule has 1 aliphatic heterocycles. The van der Waals surface area contributed by atoms with Crippen LogP contribution in [0, 0.1) is 5.92 Å². The monoisotopic (exact) mass is 243 g/mol. The van der Waals surface area contributed by atoms with Gasteiger partial charge in [0, 0.05) is 19.3 Å². The third-order valence-electron chi connectivity index (χ3n) is 3.09. The summed E-state index contributed by atoms with van der Waals surface area (Å²) in [5.41, 5.74) is 0. The predicted octanol–water partition coefficient (Wildman–Crippen LogP) is 1.22. The van der Waals surface area contributed by atoms with Crippen LogP contribution in [-0.2, 0) is 10.0 Å². The average molecular weight is 243 g/mol. The quantitative estimate of drug-likeness (QED) is 0.849. The van der Waals surface area contributed by atoms with Crippen LogP contribution < -0.4 is 0 Å². The Balaban J connectivity index is 2.18. The van der Waals surface area contributed by atoms with Gasteiger partial charge in [0.05, 0.1) is 6.20 Å². The molecule has 5 nitrogen and oxygen atoms in total. The standard InChI is InChI=1S/C10H17N3O2S/c1-9-3-2-5-13(6-4-9)16(14,15)10-7-11-12-8-10/h7-9H,2-6H2,1H3,(H,11,12). The molecule has 1 atom stereocenters. The van der Waals surface area contributed by atoms with Gasteiger partial charge >= 0.3 is 0 Å². The van der Waals surface area contributed by atoms with Crippen molar-refractivity contribution in [3.63, 3.8) is 0 Å². The molecule has 0 saturated carbocycles. The Hall–Kier alpha value is -0.880. The summed E-state index contributed by atoms with van der Waals surface area (Å²) in [6, 6.07) is 0. The van der Waals surface area contributed by atoms with Gasteiger partial charge in [-0.15, -0.1) is 0 Å². The van der Waals surface area contributed by atoms with Crippen molar-refractivity contribution in [3.8, 4) is 0 Å². The number of hydrogen-bond donors (Lipinski definition) is 1. The number of H-pyrrole nitrogens is 1. The van der Waals surface area contributed by atoms with E-state index < -0.39 is 10.0 Å². The zero-order chi connectivity index (χ0) is 11.6. The first-order chi connectivity index (χ1) is 7.60. The van der Waals surface area contributed by atoms with E-state index in [2.05, 4.69) is 17.1 Å². The summed E-state index contributed by atoms with van der Waals surface area (Å²) in [6.07, 6.45) is 5.79. The minimum atomic E-state index is -3.33. The fraction of sp³-hybridized carbons (Fsp3) is 0.700. The van der Waals surface area contributed by atoms with Crippen LogP contribution in [-0.4, -0.2) is 36.0 Å². The maximum absolute atomic E-state index is 12.2. The first kappa shape index (κ1) is 11.6. The minimum absolute atomic E-state index is 0.266. The van der Waals surface area contributed by atoms with Gasteiger partial charge in [-0.2, -0.15) is 9.40 Å². The molecule has 6 heteroatoms. The number of aromatic amines is 1. The Kier molecular flexibility index (Phi) is 3.30. The van der Waals surface area contributed by atoms with Crippen LogP contribution in [0.2, 0.25) is 0 Å². The molecule has 2 heterocycles. The molecule has 1 aromatic heterocycles. The third-order valence-corrected chi connectivity index (χ3v) is 4.95. The number of aromatic nitrogens is 2. The Morgan fingerprint density at radius 3 is 2.94 bits per heavy atom. The van der Waals surface area contributed by atoms with Gasteiger partial charge in [-0.1, -0.05) is 6.92 Å². The van der Waals surface area contributed by atoms with Crippen LogP contribution in [0.25, 0.3) is 0 Å². The molecule has 0 aromatic carbocycles. The van der Waals surface area contributed by atoms with Gasteiger partial charge in [0.2, 0.25) is 10.0 Å². The predicted molar refractivity (Wildman–Crippen MR) is 60.4 cm³/mol. The molecule has 90 valence electrons. The zero-order valence-electron chi connectivity index (χ0n) is 9.39. The van der Waals surface area contributed by atoms with E-state index in [-0.39, 0.29) is 4.90 Å². The lowest BCUT2D eigenvalue weighted by molar-refractivity contribution is 0.417. The minimum Gasteiger partial charge on any atom is -0.284 e. The number of sulfonamides is 1. The van der Waals surface area contributed by atoms with Gasteiger partial charge in [0.25, 0.3) is 0 Å². The number of hydrogen-bond acceptors (Lipinski definition) is 3. The molecule has 0 amide bonds. The Bertz CT molecular complexity index is 427. The molecular formula is C10H17N3O2S. The number of nitrogens with one attached hydrogen (secondary N) is 1. The molecule has 16 heavy (non-hydrogen) atoms. The van der Waals surface area contributed by atoms with Crippen LogP contribution in [0.3, 0.4) is 0 Å². The molecule has 0 bridgehead atoms. The fourth-order valence-corrected chi connectivity index (χ4v) is 3.41. The average Bonchev–Trinajstić information content (AvgIpc) is 2.68. The van der Waals surface area contributed by atoms with Gasteiger partial charge in [-0.05, 0) is 25.2 Å². The van der Waals surface area contributed by atoms with Gasteiger partial charge in [0.15, 0.2) is 0 Å². The Labute approximate surface area is 95.9 Å². The van der Waals surface area contributed by atoms with E-state index >= 15 is 0 Å². The highest BCUT2D eigenvalue weighted by molar-refractivity contribution is 7.89. The molecule has 1 N–H and O–H groups in total.